The molecule has 0 unspecified atom stereocenters. The smallest absolute Gasteiger partial charge is 0.258 e. The molecule has 0 amide bonds. The molecule has 2 bridgehead atoms. The maximum atomic E-state index is 14.0. The molecule has 0 spiro atoms. The molecule has 4 heterocycles. The van der Waals surface area contributed by atoms with Crippen LogP contribution in [0.4, 0.5) is 5.69 Å². The third kappa shape index (κ3) is 3.63. The highest BCUT2D eigenvalue weighted by atomic mass is 32.2. The second-order valence-electron chi connectivity index (χ2n) is 9.97. The van der Waals surface area contributed by atoms with Crippen LogP contribution in [0, 0.1) is 5.92 Å². The Bertz CT molecular complexity index is 1630. The second-order valence-corrected chi connectivity index (χ2v) is 11.9. The molecule has 2 atom stereocenters. The first-order chi connectivity index (χ1) is 17.3. The fourth-order valence-electron chi connectivity index (χ4n) is 5.86. The Labute approximate surface area is 210 Å². The van der Waals surface area contributed by atoms with Crippen LogP contribution in [0.1, 0.15) is 18.0 Å². The van der Waals surface area contributed by atoms with Crippen molar-refractivity contribution in [3.63, 3.8) is 0 Å². The summed E-state index contributed by atoms with van der Waals surface area (Å²) >= 11 is 0. The molecular formula is C28H28N4O3S. The topological polar surface area (TPSA) is 75.5 Å². The number of pyridine rings is 2. The molecule has 0 saturated carbocycles. The number of piperidine rings is 1. The van der Waals surface area contributed by atoms with E-state index in [9.17, 15) is 13.2 Å². The predicted octanol–water partition coefficient (Wildman–Crippen LogP) is 3.94. The average molecular weight is 501 g/mol. The van der Waals surface area contributed by atoms with Crippen molar-refractivity contribution < 1.29 is 8.42 Å². The molecule has 1 saturated heterocycles. The van der Waals surface area contributed by atoms with Crippen molar-refractivity contribution in [3.05, 3.63) is 89.1 Å². The van der Waals surface area contributed by atoms with Gasteiger partial charge in [0.2, 0.25) is 10.0 Å². The average Bonchev–Trinajstić information content (AvgIpc) is 2.89. The van der Waals surface area contributed by atoms with Gasteiger partial charge in [-0.1, -0.05) is 30.3 Å². The van der Waals surface area contributed by atoms with E-state index in [-0.39, 0.29) is 17.4 Å². The van der Waals surface area contributed by atoms with Crippen LogP contribution in [0.5, 0.6) is 0 Å². The van der Waals surface area contributed by atoms with Crippen molar-refractivity contribution >= 4 is 26.5 Å². The van der Waals surface area contributed by atoms with Gasteiger partial charge in [0.15, 0.2) is 0 Å². The fraction of sp³-hybridized carbons (Fsp3) is 0.286. The summed E-state index contributed by atoms with van der Waals surface area (Å²) in [6.07, 6.45) is 4.28. The molecular weight excluding hydrogens is 472 g/mol. The number of rotatable bonds is 4. The number of fused-ring (bicyclic) bond motifs is 5. The second kappa shape index (κ2) is 8.57. The van der Waals surface area contributed by atoms with Gasteiger partial charge in [0.1, 0.15) is 0 Å². The third-order valence-electron chi connectivity index (χ3n) is 7.50. The molecule has 36 heavy (non-hydrogen) atoms. The van der Waals surface area contributed by atoms with Crippen LogP contribution in [-0.2, 0) is 16.6 Å². The molecule has 0 N–H and O–H groups in total. The first kappa shape index (κ1) is 22.9. The standard InChI is InChI=1S/C28H28N4O3S/c1-30(2)26-9-3-8-24-23(26)7-4-10-27(24)36(34,35)31-16-19-14-21(18-31)25-12-11-22(28(33)32(25)17-19)20-6-5-13-29-15-20/h3-13,15,19,21H,14,16-18H2,1-2H3/t19-,21+/m0/s1. The van der Waals surface area contributed by atoms with Crippen LogP contribution in [0.3, 0.4) is 0 Å². The van der Waals surface area contributed by atoms with E-state index in [0.29, 0.717) is 30.1 Å². The summed E-state index contributed by atoms with van der Waals surface area (Å²) in [5.74, 6) is 0.0652. The van der Waals surface area contributed by atoms with Crippen LogP contribution in [0.15, 0.2) is 82.7 Å². The zero-order chi connectivity index (χ0) is 25.0. The Morgan fingerprint density at radius 1 is 0.917 bits per heavy atom. The van der Waals surface area contributed by atoms with E-state index < -0.39 is 10.0 Å². The van der Waals surface area contributed by atoms with Gasteiger partial charge in [-0.25, -0.2) is 8.42 Å². The quantitative estimate of drug-likeness (QED) is 0.424. The van der Waals surface area contributed by atoms with Crippen LogP contribution >= 0.6 is 0 Å². The van der Waals surface area contributed by atoms with Crippen molar-refractivity contribution in [1.29, 1.82) is 0 Å². The Kier molecular flexibility index (Phi) is 5.46. The summed E-state index contributed by atoms with van der Waals surface area (Å²) < 4.78 is 31.4. The highest BCUT2D eigenvalue weighted by Crippen LogP contribution is 2.39. The van der Waals surface area contributed by atoms with Crippen LogP contribution < -0.4 is 10.5 Å². The number of sulfonamides is 1. The third-order valence-corrected chi connectivity index (χ3v) is 9.39. The molecule has 0 radical (unpaired) electrons. The lowest BCUT2D eigenvalue weighted by Crippen LogP contribution is -2.49. The minimum Gasteiger partial charge on any atom is -0.377 e. The van der Waals surface area contributed by atoms with E-state index in [1.165, 1.54) is 0 Å². The van der Waals surface area contributed by atoms with Crippen LogP contribution in [0.25, 0.3) is 21.9 Å². The van der Waals surface area contributed by atoms with E-state index >= 15 is 0 Å². The van der Waals surface area contributed by atoms with E-state index in [0.717, 1.165) is 34.1 Å². The maximum absolute atomic E-state index is 14.0. The highest BCUT2D eigenvalue weighted by Gasteiger charge is 2.40. The molecule has 0 aliphatic carbocycles. The number of hydrogen-bond donors (Lipinski definition) is 0. The summed E-state index contributed by atoms with van der Waals surface area (Å²) in [7, 11) is 0.201. The molecule has 1 fully saturated rings. The molecule has 2 aliphatic heterocycles. The van der Waals surface area contributed by atoms with Gasteiger partial charge >= 0.3 is 0 Å². The van der Waals surface area contributed by atoms with Gasteiger partial charge in [0.05, 0.1) is 4.90 Å². The summed E-state index contributed by atoms with van der Waals surface area (Å²) in [5.41, 5.74) is 3.29. The monoisotopic (exact) mass is 500 g/mol. The van der Waals surface area contributed by atoms with Gasteiger partial charge in [-0.15, -0.1) is 0 Å². The minimum atomic E-state index is -3.72. The maximum Gasteiger partial charge on any atom is 0.258 e. The van der Waals surface area contributed by atoms with E-state index in [1.54, 1.807) is 22.8 Å². The van der Waals surface area contributed by atoms with Crippen LogP contribution in [-0.4, -0.2) is 49.5 Å². The van der Waals surface area contributed by atoms with Crippen molar-refractivity contribution in [2.45, 2.75) is 23.8 Å². The van der Waals surface area contributed by atoms with Gasteiger partial charge in [0, 0.05) is 85.3 Å². The van der Waals surface area contributed by atoms with E-state index in [4.69, 9.17) is 0 Å². The SMILES string of the molecule is CN(C)c1cccc2c(S(=O)(=O)N3C[C@@H]4C[C@H](C3)c3ccc(-c5cccnc5)c(=O)n3C4)cccc12. The summed E-state index contributed by atoms with van der Waals surface area (Å²) in [4.78, 5) is 19.9. The minimum absolute atomic E-state index is 0.0183. The molecule has 184 valence electrons. The summed E-state index contributed by atoms with van der Waals surface area (Å²) in [6.45, 7) is 1.30. The summed E-state index contributed by atoms with van der Waals surface area (Å²) in [6, 6.07) is 18.8. The molecule has 2 aromatic carbocycles. The Morgan fingerprint density at radius 3 is 2.50 bits per heavy atom. The lowest BCUT2D eigenvalue weighted by atomic mass is 9.84. The van der Waals surface area contributed by atoms with Gasteiger partial charge in [-0.3, -0.25) is 9.78 Å². The zero-order valence-corrected chi connectivity index (χ0v) is 21.1. The van der Waals surface area contributed by atoms with Gasteiger partial charge < -0.3 is 9.47 Å². The van der Waals surface area contributed by atoms with Gasteiger partial charge in [-0.05, 0) is 42.7 Å². The van der Waals surface area contributed by atoms with Crippen molar-refractivity contribution in [3.8, 4) is 11.1 Å². The van der Waals surface area contributed by atoms with Crippen molar-refractivity contribution in [1.82, 2.24) is 13.9 Å². The molecule has 7 nitrogen and oxygen atoms in total. The number of anilines is 1. The first-order valence-electron chi connectivity index (χ1n) is 12.2. The number of nitrogens with zero attached hydrogens (tertiary/aromatic N) is 4. The lowest BCUT2D eigenvalue weighted by molar-refractivity contribution is 0.186. The van der Waals surface area contributed by atoms with E-state index in [2.05, 4.69) is 4.98 Å². The number of aromatic nitrogens is 2. The summed E-state index contributed by atoms with van der Waals surface area (Å²) in [5, 5.41) is 1.65. The van der Waals surface area contributed by atoms with Gasteiger partial charge in [0.25, 0.3) is 5.56 Å². The number of benzene rings is 2. The first-order valence-corrected chi connectivity index (χ1v) is 13.6. The lowest BCUT2D eigenvalue weighted by Gasteiger charge is -2.42. The Hall–Kier alpha value is -3.49. The largest absolute Gasteiger partial charge is 0.377 e. The number of hydrogen-bond acceptors (Lipinski definition) is 5. The molecule has 8 heteroatoms. The van der Waals surface area contributed by atoms with E-state index in [1.807, 2.05) is 78.2 Å². The van der Waals surface area contributed by atoms with Crippen molar-refractivity contribution in [2.24, 2.45) is 5.92 Å². The molecule has 2 aliphatic rings. The zero-order valence-electron chi connectivity index (χ0n) is 20.3. The van der Waals surface area contributed by atoms with Gasteiger partial charge in [-0.2, -0.15) is 4.31 Å². The fourth-order valence-corrected chi connectivity index (χ4v) is 7.63. The highest BCUT2D eigenvalue weighted by molar-refractivity contribution is 7.89. The Morgan fingerprint density at radius 2 is 1.72 bits per heavy atom. The van der Waals surface area contributed by atoms with Crippen molar-refractivity contribution in [2.75, 3.05) is 32.1 Å². The predicted molar refractivity (Wildman–Crippen MR) is 142 cm³/mol. The normalized spacial score (nSPS) is 19.7. The Balaban J connectivity index is 1.37. The molecule has 6 rings (SSSR count). The molecule has 2 aromatic heterocycles. The van der Waals surface area contributed by atoms with Crippen LogP contribution in [0.2, 0.25) is 0 Å². The molecule has 4 aromatic rings.